The molecule has 9 heteroatoms. The van der Waals surface area contributed by atoms with E-state index in [1.165, 1.54) is 12.1 Å². The van der Waals surface area contributed by atoms with Crippen molar-refractivity contribution >= 4 is 38.9 Å². The largest absolute Gasteiger partial charge is 0.359 e. The van der Waals surface area contributed by atoms with Crippen LogP contribution in [0.5, 0.6) is 0 Å². The second-order valence-electron chi connectivity index (χ2n) is 5.20. The van der Waals surface area contributed by atoms with Crippen LogP contribution in [-0.2, 0) is 10.0 Å². The highest BCUT2D eigenvalue weighted by Crippen LogP contribution is 2.17. The summed E-state index contributed by atoms with van der Waals surface area (Å²) in [5.41, 5.74) is 1.36. The number of thiocarbonyl (C=S) groups is 1. The minimum absolute atomic E-state index is 0.122. The van der Waals surface area contributed by atoms with Crippen molar-refractivity contribution in [2.24, 2.45) is 0 Å². The number of anilines is 2. The molecule has 25 heavy (non-hydrogen) atoms. The van der Waals surface area contributed by atoms with Crippen molar-refractivity contribution in [1.82, 2.24) is 15.3 Å². The van der Waals surface area contributed by atoms with Crippen LogP contribution in [0.1, 0.15) is 11.5 Å². The van der Waals surface area contributed by atoms with Crippen LogP contribution in [0.3, 0.4) is 0 Å². The lowest BCUT2D eigenvalue weighted by atomic mass is 10.3. The number of aryl methyl sites for hydroxylation is 2. The van der Waals surface area contributed by atoms with Crippen LogP contribution in [0.25, 0.3) is 0 Å². The van der Waals surface area contributed by atoms with E-state index in [0.717, 1.165) is 0 Å². The fourth-order valence-electron chi connectivity index (χ4n) is 2.02. The number of sulfonamides is 1. The lowest BCUT2D eigenvalue weighted by Gasteiger charge is -2.11. The highest BCUT2D eigenvalue weighted by atomic mass is 32.2. The molecule has 3 N–H and O–H groups in total. The Bertz CT molecular complexity index is 860. The zero-order valence-corrected chi connectivity index (χ0v) is 15.5. The summed E-state index contributed by atoms with van der Waals surface area (Å²) in [6.07, 6.45) is 1.69. The molecule has 0 aliphatic heterocycles. The Balaban J connectivity index is 2.11. The molecule has 0 aliphatic rings. The van der Waals surface area contributed by atoms with Crippen molar-refractivity contribution in [3.8, 4) is 0 Å². The summed E-state index contributed by atoms with van der Waals surface area (Å²) in [6.45, 7) is 7.61. The molecule has 0 spiro atoms. The second-order valence-corrected chi connectivity index (χ2v) is 7.29. The summed E-state index contributed by atoms with van der Waals surface area (Å²) in [6, 6.07) is 7.81. The Morgan fingerprint density at radius 2 is 1.92 bits per heavy atom. The molecule has 7 nitrogen and oxygen atoms in total. The quantitative estimate of drug-likeness (QED) is 0.525. The molecule has 1 aromatic heterocycles. The number of hydrogen-bond donors (Lipinski definition) is 3. The van der Waals surface area contributed by atoms with Crippen molar-refractivity contribution in [2.45, 2.75) is 18.7 Å². The van der Waals surface area contributed by atoms with Crippen molar-refractivity contribution in [3.05, 3.63) is 54.5 Å². The zero-order valence-electron chi connectivity index (χ0n) is 13.9. The van der Waals surface area contributed by atoms with Gasteiger partial charge in [0.05, 0.1) is 4.90 Å². The molecular formula is C16H19N5O2S2. The van der Waals surface area contributed by atoms with Gasteiger partial charge in [-0.2, -0.15) is 0 Å². The highest BCUT2D eigenvalue weighted by molar-refractivity contribution is 7.92. The average molecular weight is 377 g/mol. The van der Waals surface area contributed by atoms with Crippen molar-refractivity contribution < 1.29 is 8.42 Å². The van der Waals surface area contributed by atoms with E-state index in [9.17, 15) is 8.42 Å². The summed E-state index contributed by atoms with van der Waals surface area (Å²) in [5.74, 6) is 0.736. The van der Waals surface area contributed by atoms with Crippen LogP contribution in [0.4, 0.5) is 11.5 Å². The SMILES string of the molecule is C=CCNC(=S)Nc1ccc(S(=O)(=O)Nc2cc(C)nc(C)n2)cc1. The van der Waals surface area contributed by atoms with Gasteiger partial charge in [-0.3, -0.25) is 4.72 Å². The summed E-state index contributed by atoms with van der Waals surface area (Å²) in [4.78, 5) is 8.32. The van der Waals surface area contributed by atoms with E-state index in [1.54, 1.807) is 38.1 Å². The Hall–Kier alpha value is -2.52. The van der Waals surface area contributed by atoms with E-state index in [1.807, 2.05) is 0 Å². The minimum atomic E-state index is -3.74. The van der Waals surface area contributed by atoms with E-state index in [2.05, 4.69) is 31.9 Å². The molecule has 1 heterocycles. The number of aromatic nitrogens is 2. The standard InChI is InChI=1S/C16H19N5O2S2/c1-4-9-17-16(24)20-13-5-7-14(8-6-13)25(22,23)21-15-10-11(2)18-12(3)19-15/h4-8,10H,1,9H2,2-3H3,(H2,17,20,24)(H,18,19,21). The van der Waals surface area contributed by atoms with Gasteiger partial charge in [-0.15, -0.1) is 6.58 Å². The average Bonchev–Trinajstić information content (AvgIpc) is 2.52. The normalized spacial score (nSPS) is 10.8. The van der Waals surface area contributed by atoms with Crippen LogP contribution in [0, 0.1) is 13.8 Å². The van der Waals surface area contributed by atoms with Crippen LogP contribution in [0.15, 0.2) is 47.9 Å². The number of benzene rings is 1. The van der Waals surface area contributed by atoms with Gasteiger partial charge in [0.1, 0.15) is 11.6 Å². The monoisotopic (exact) mass is 377 g/mol. The Labute approximate surface area is 152 Å². The maximum Gasteiger partial charge on any atom is 0.263 e. The number of nitrogens with one attached hydrogen (secondary N) is 3. The molecule has 0 amide bonds. The lowest BCUT2D eigenvalue weighted by molar-refractivity contribution is 0.601. The van der Waals surface area contributed by atoms with Crippen LogP contribution in [-0.4, -0.2) is 30.0 Å². The van der Waals surface area contributed by atoms with E-state index in [0.29, 0.717) is 28.9 Å². The van der Waals surface area contributed by atoms with Gasteiger partial charge in [0, 0.05) is 24.0 Å². The first-order valence-electron chi connectivity index (χ1n) is 7.41. The molecule has 2 aromatic rings. The summed E-state index contributed by atoms with van der Waals surface area (Å²) >= 11 is 5.10. The minimum Gasteiger partial charge on any atom is -0.359 e. The number of nitrogens with zero attached hydrogens (tertiary/aromatic N) is 2. The summed E-state index contributed by atoms with van der Waals surface area (Å²) < 4.78 is 27.4. The molecule has 0 bridgehead atoms. The van der Waals surface area contributed by atoms with Gasteiger partial charge in [-0.25, -0.2) is 18.4 Å². The zero-order chi connectivity index (χ0) is 18.4. The Morgan fingerprint density at radius 1 is 1.24 bits per heavy atom. The maximum atomic E-state index is 12.5. The van der Waals surface area contributed by atoms with Crippen molar-refractivity contribution in [2.75, 3.05) is 16.6 Å². The first-order chi connectivity index (χ1) is 11.8. The maximum absolute atomic E-state index is 12.5. The molecule has 0 saturated carbocycles. The first kappa shape index (κ1) is 18.8. The number of rotatable bonds is 6. The van der Waals surface area contributed by atoms with Crippen molar-refractivity contribution in [3.63, 3.8) is 0 Å². The van der Waals surface area contributed by atoms with Crippen molar-refractivity contribution in [1.29, 1.82) is 0 Å². The Kier molecular flexibility index (Phi) is 6.05. The molecule has 1 aromatic carbocycles. The molecule has 0 radical (unpaired) electrons. The van der Waals surface area contributed by atoms with E-state index < -0.39 is 10.0 Å². The molecule has 132 valence electrons. The van der Waals surface area contributed by atoms with Gasteiger partial charge in [0.25, 0.3) is 10.0 Å². The van der Waals surface area contributed by atoms with Gasteiger partial charge >= 0.3 is 0 Å². The predicted octanol–water partition coefficient (Wildman–Crippen LogP) is 2.37. The second kappa shape index (κ2) is 8.04. The van der Waals surface area contributed by atoms with E-state index in [4.69, 9.17) is 12.2 Å². The van der Waals surface area contributed by atoms with Gasteiger partial charge in [-0.05, 0) is 50.3 Å². The topological polar surface area (TPSA) is 96.0 Å². The molecule has 0 saturated heterocycles. The van der Waals surface area contributed by atoms with Crippen LogP contribution in [0.2, 0.25) is 0 Å². The Morgan fingerprint density at radius 3 is 2.52 bits per heavy atom. The molecular weight excluding hydrogens is 358 g/mol. The number of hydrogen-bond acceptors (Lipinski definition) is 5. The fourth-order valence-corrected chi connectivity index (χ4v) is 3.22. The van der Waals surface area contributed by atoms with Gasteiger partial charge in [0.2, 0.25) is 0 Å². The molecule has 0 atom stereocenters. The lowest BCUT2D eigenvalue weighted by Crippen LogP contribution is -2.28. The molecule has 0 aliphatic carbocycles. The molecule has 0 unspecified atom stereocenters. The highest BCUT2D eigenvalue weighted by Gasteiger charge is 2.15. The summed E-state index contributed by atoms with van der Waals surface area (Å²) in [7, 11) is -3.74. The molecule has 0 fully saturated rings. The first-order valence-corrected chi connectivity index (χ1v) is 9.30. The van der Waals surface area contributed by atoms with Gasteiger partial charge in [-0.1, -0.05) is 6.08 Å². The molecule has 2 rings (SSSR count). The third-order valence-electron chi connectivity index (χ3n) is 3.03. The summed E-state index contributed by atoms with van der Waals surface area (Å²) in [5, 5.41) is 6.31. The van der Waals surface area contributed by atoms with E-state index in [-0.39, 0.29) is 10.7 Å². The van der Waals surface area contributed by atoms with Crippen LogP contribution >= 0.6 is 12.2 Å². The predicted molar refractivity (Wildman–Crippen MR) is 103 cm³/mol. The van der Waals surface area contributed by atoms with Crippen LogP contribution < -0.4 is 15.4 Å². The van der Waals surface area contributed by atoms with Gasteiger partial charge < -0.3 is 10.6 Å². The smallest absolute Gasteiger partial charge is 0.263 e. The van der Waals surface area contributed by atoms with E-state index >= 15 is 0 Å². The van der Waals surface area contributed by atoms with Gasteiger partial charge in [0.15, 0.2) is 5.11 Å². The fraction of sp³-hybridized carbons (Fsp3) is 0.188. The third kappa shape index (κ3) is 5.50. The third-order valence-corrected chi connectivity index (χ3v) is 4.65.